The van der Waals surface area contributed by atoms with E-state index < -0.39 is 11.7 Å². The molecule has 1 N–H and O–H groups in total. The number of nitrogens with zero attached hydrogens (tertiary/aromatic N) is 1. The van der Waals surface area contributed by atoms with E-state index in [0.717, 1.165) is 0 Å². The minimum absolute atomic E-state index is 0.00962. The smallest absolute Gasteiger partial charge is 0.239 e. The van der Waals surface area contributed by atoms with Crippen LogP contribution in [-0.4, -0.2) is 24.4 Å². The molecule has 2 amide bonds. The van der Waals surface area contributed by atoms with Gasteiger partial charge in [0, 0.05) is 18.3 Å². The van der Waals surface area contributed by atoms with Gasteiger partial charge in [0.05, 0.1) is 5.02 Å². The fraction of sp³-hybridized carbons (Fsp3) is 0.429. The van der Waals surface area contributed by atoms with E-state index in [0.29, 0.717) is 18.7 Å². The molecular weight excluding hydrogens is 283 g/mol. The maximum atomic E-state index is 13.1. The summed E-state index contributed by atoms with van der Waals surface area (Å²) in [6.07, 6.45) is 0.451. The average Bonchev–Trinajstić information content (AvgIpc) is 2.74. The van der Waals surface area contributed by atoms with E-state index in [-0.39, 0.29) is 22.9 Å². The minimum atomic E-state index is -0.679. The molecule has 0 saturated carbocycles. The van der Waals surface area contributed by atoms with Crippen molar-refractivity contribution in [3.63, 3.8) is 0 Å². The van der Waals surface area contributed by atoms with Crippen LogP contribution in [0.25, 0.3) is 0 Å². The lowest BCUT2D eigenvalue weighted by atomic mass is 10.1. The fourth-order valence-electron chi connectivity index (χ4n) is 2.22. The molecule has 20 heavy (non-hydrogen) atoms. The molecule has 0 spiro atoms. The molecule has 1 aliphatic rings. The van der Waals surface area contributed by atoms with Crippen molar-refractivity contribution >= 4 is 29.1 Å². The first-order valence-electron chi connectivity index (χ1n) is 6.47. The van der Waals surface area contributed by atoms with Crippen molar-refractivity contribution in [1.29, 1.82) is 0 Å². The van der Waals surface area contributed by atoms with E-state index >= 15 is 0 Å². The van der Waals surface area contributed by atoms with Crippen LogP contribution >= 0.6 is 11.6 Å². The average molecular weight is 299 g/mol. The first kappa shape index (κ1) is 14.8. The molecule has 1 unspecified atom stereocenters. The number of carbonyl (C=O) groups excluding carboxylic acids is 2. The van der Waals surface area contributed by atoms with Gasteiger partial charge in [-0.1, -0.05) is 11.6 Å². The second-order valence-corrected chi connectivity index (χ2v) is 5.50. The molecule has 1 aliphatic heterocycles. The molecule has 1 atom stereocenters. The van der Waals surface area contributed by atoms with E-state index in [1.807, 2.05) is 13.8 Å². The Hall–Kier alpha value is -1.62. The van der Waals surface area contributed by atoms with Crippen LogP contribution in [0.2, 0.25) is 5.02 Å². The number of halogens is 2. The molecule has 1 fully saturated rings. The number of hydrogen-bond acceptors (Lipinski definition) is 2. The third-order valence-electron chi connectivity index (χ3n) is 3.17. The summed E-state index contributed by atoms with van der Waals surface area (Å²) >= 11 is 5.72. The Balaban J connectivity index is 2.14. The van der Waals surface area contributed by atoms with Gasteiger partial charge in [0.25, 0.3) is 0 Å². The third-order valence-corrected chi connectivity index (χ3v) is 3.46. The molecule has 0 aliphatic carbocycles. The number of rotatable bonds is 3. The van der Waals surface area contributed by atoms with E-state index in [1.165, 1.54) is 23.1 Å². The largest absolute Gasteiger partial charge is 0.353 e. The number of benzene rings is 1. The van der Waals surface area contributed by atoms with Gasteiger partial charge >= 0.3 is 0 Å². The predicted molar refractivity (Wildman–Crippen MR) is 75.1 cm³/mol. The molecule has 2 rings (SSSR count). The van der Waals surface area contributed by atoms with Gasteiger partial charge in [-0.15, -0.1) is 0 Å². The Labute approximate surface area is 121 Å². The standard InChI is InChI=1S/C14H16ClFN2O2/c1-8(2)17-13(19)10-5-6-18(14(10)20)9-3-4-12(16)11(15)7-9/h3-4,7-8,10H,5-6H2,1-2H3,(H,17,19). The van der Waals surface area contributed by atoms with Crippen LogP contribution in [0.3, 0.4) is 0 Å². The molecule has 4 nitrogen and oxygen atoms in total. The summed E-state index contributed by atoms with van der Waals surface area (Å²) in [6.45, 7) is 4.11. The lowest BCUT2D eigenvalue weighted by Gasteiger charge is -2.17. The molecule has 0 bridgehead atoms. The molecule has 0 radical (unpaired) electrons. The topological polar surface area (TPSA) is 49.4 Å². The van der Waals surface area contributed by atoms with Crippen LogP contribution in [0.5, 0.6) is 0 Å². The fourth-order valence-corrected chi connectivity index (χ4v) is 2.39. The lowest BCUT2D eigenvalue weighted by molar-refractivity contribution is -0.132. The molecule has 0 aromatic heterocycles. The maximum Gasteiger partial charge on any atom is 0.239 e. The van der Waals surface area contributed by atoms with Crippen molar-refractivity contribution in [2.45, 2.75) is 26.3 Å². The van der Waals surface area contributed by atoms with E-state index in [4.69, 9.17) is 11.6 Å². The molecule has 6 heteroatoms. The zero-order chi connectivity index (χ0) is 14.9. The zero-order valence-corrected chi connectivity index (χ0v) is 12.1. The van der Waals surface area contributed by atoms with Crippen LogP contribution in [0.15, 0.2) is 18.2 Å². The van der Waals surface area contributed by atoms with Gasteiger partial charge in [-0.25, -0.2) is 4.39 Å². The summed E-state index contributed by atoms with van der Waals surface area (Å²) in [6, 6.07) is 4.09. The van der Waals surface area contributed by atoms with Crippen molar-refractivity contribution in [3.8, 4) is 0 Å². The van der Waals surface area contributed by atoms with E-state index in [9.17, 15) is 14.0 Å². The van der Waals surface area contributed by atoms with Crippen molar-refractivity contribution < 1.29 is 14.0 Å². The normalized spacial score (nSPS) is 18.8. The van der Waals surface area contributed by atoms with Crippen LogP contribution in [0.1, 0.15) is 20.3 Å². The van der Waals surface area contributed by atoms with Gasteiger partial charge in [-0.2, -0.15) is 0 Å². The highest BCUT2D eigenvalue weighted by atomic mass is 35.5. The Bertz CT molecular complexity index is 548. The highest BCUT2D eigenvalue weighted by Gasteiger charge is 2.37. The van der Waals surface area contributed by atoms with Crippen LogP contribution in [-0.2, 0) is 9.59 Å². The summed E-state index contributed by atoms with van der Waals surface area (Å²) in [5.74, 6) is -1.75. The van der Waals surface area contributed by atoms with Gasteiger partial charge in [0.1, 0.15) is 11.7 Å². The number of anilines is 1. The quantitative estimate of drug-likeness (QED) is 0.871. The van der Waals surface area contributed by atoms with Crippen molar-refractivity contribution in [2.24, 2.45) is 5.92 Å². The summed E-state index contributed by atoms with van der Waals surface area (Å²) in [5.41, 5.74) is 0.515. The third kappa shape index (κ3) is 2.93. The van der Waals surface area contributed by atoms with Crippen LogP contribution < -0.4 is 10.2 Å². The summed E-state index contributed by atoms with van der Waals surface area (Å²) < 4.78 is 13.1. The minimum Gasteiger partial charge on any atom is -0.353 e. The van der Waals surface area contributed by atoms with Gasteiger partial charge in [-0.3, -0.25) is 9.59 Å². The zero-order valence-electron chi connectivity index (χ0n) is 11.3. The lowest BCUT2D eigenvalue weighted by Crippen LogP contribution is -2.39. The Morgan fingerprint density at radius 3 is 2.80 bits per heavy atom. The summed E-state index contributed by atoms with van der Waals surface area (Å²) in [4.78, 5) is 25.6. The molecule has 1 saturated heterocycles. The molecule has 108 valence electrons. The second kappa shape index (κ2) is 5.79. The first-order valence-corrected chi connectivity index (χ1v) is 6.84. The van der Waals surface area contributed by atoms with E-state index in [1.54, 1.807) is 0 Å². The van der Waals surface area contributed by atoms with Gasteiger partial charge in [-0.05, 0) is 38.5 Å². The maximum absolute atomic E-state index is 13.1. The number of carbonyl (C=O) groups is 2. The number of nitrogens with one attached hydrogen (secondary N) is 1. The van der Waals surface area contributed by atoms with Crippen molar-refractivity contribution in [3.05, 3.63) is 29.0 Å². The van der Waals surface area contributed by atoms with Gasteiger partial charge in [0.2, 0.25) is 11.8 Å². The summed E-state index contributed by atoms with van der Waals surface area (Å²) in [7, 11) is 0. The molecule has 1 aromatic carbocycles. The van der Waals surface area contributed by atoms with Crippen molar-refractivity contribution in [2.75, 3.05) is 11.4 Å². The highest BCUT2D eigenvalue weighted by molar-refractivity contribution is 6.31. The molecule has 1 heterocycles. The van der Waals surface area contributed by atoms with Crippen LogP contribution in [0.4, 0.5) is 10.1 Å². The first-order chi connectivity index (χ1) is 9.40. The highest BCUT2D eigenvalue weighted by Crippen LogP contribution is 2.28. The van der Waals surface area contributed by atoms with E-state index in [2.05, 4.69) is 5.32 Å². The second-order valence-electron chi connectivity index (χ2n) is 5.09. The van der Waals surface area contributed by atoms with Crippen molar-refractivity contribution in [1.82, 2.24) is 5.32 Å². The predicted octanol–water partition coefficient (Wildman–Crippen LogP) is 2.36. The van der Waals surface area contributed by atoms with Gasteiger partial charge in [0.15, 0.2) is 0 Å². The Kier molecular flexibility index (Phi) is 4.28. The summed E-state index contributed by atoms with van der Waals surface area (Å²) in [5, 5.41) is 2.70. The SMILES string of the molecule is CC(C)NC(=O)C1CCN(c2ccc(F)c(Cl)c2)C1=O. The molecular formula is C14H16ClFN2O2. The number of amides is 2. The van der Waals surface area contributed by atoms with Crippen LogP contribution in [0, 0.1) is 11.7 Å². The Morgan fingerprint density at radius 1 is 1.50 bits per heavy atom. The number of hydrogen-bond donors (Lipinski definition) is 1. The monoisotopic (exact) mass is 298 g/mol. The van der Waals surface area contributed by atoms with Gasteiger partial charge < -0.3 is 10.2 Å². The molecule has 1 aromatic rings. The Morgan fingerprint density at radius 2 is 2.20 bits per heavy atom.